The van der Waals surface area contributed by atoms with E-state index in [1.165, 1.54) is 7.11 Å². The molecule has 1 atom stereocenters. The van der Waals surface area contributed by atoms with Gasteiger partial charge in [0.2, 0.25) is 5.78 Å². The number of aryl methyl sites for hydroxylation is 2. The van der Waals surface area contributed by atoms with E-state index < -0.39 is 0 Å². The first-order valence-corrected chi connectivity index (χ1v) is 7.36. The topological polar surface area (TPSA) is 68.5 Å². The number of hydrogen-bond acceptors (Lipinski definition) is 5. The molecule has 0 saturated heterocycles. The first-order valence-electron chi connectivity index (χ1n) is 7.36. The van der Waals surface area contributed by atoms with Gasteiger partial charge >= 0.3 is 5.97 Å². The molecule has 6 nitrogen and oxygen atoms in total. The molecule has 2 aromatic heterocycles. The number of rotatable bonds is 4. The lowest BCUT2D eigenvalue weighted by atomic mass is 9.86. The Kier molecular flexibility index (Phi) is 4.51. The highest BCUT2D eigenvalue weighted by molar-refractivity contribution is 5.76. The van der Waals surface area contributed by atoms with Crippen molar-refractivity contribution in [1.82, 2.24) is 19.7 Å². The van der Waals surface area contributed by atoms with Crippen molar-refractivity contribution in [2.75, 3.05) is 7.11 Å². The maximum absolute atomic E-state index is 12.0. The van der Waals surface area contributed by atoms with E-state index in [2.05, 4.69) is 15.3 Å². The standard InChI is InChI=1S/C16H24N4O2/c1-10-7-11(2)20-12(9-18-15(20)19-10)8-17-13(14(21)22-6)16(3,4)5/h7,9,13,17H,8H2,1-6H3. The summed E-state index contributed by atoms with van der Waals surface area (Å²) < 4.78 is 6.90. The van der Waals surface area contributed by atoms with Gasteiger partial charge in [0.25, 0.3) is 0 Å². The Balaban J connectivity index is 2.26. The van der Waals surface area contributed by atoms with Crippen molar-refractivity contribution in [2.45, 2.75) is 47.2 Å². The van der Waals surface area contributed by atoms with Gasteiger partial charge in [-0.15, -0.1) is 0 Å². The predicted molar refractivity (Wildman–Crippen MR) is 84.6 cm³/mol. The number of aromatic nitrogens is 3. The Morgan fingerprint density at radius 3 is 2.68 bits per heavy atom. The summed E-state index contributed by atoms with van der Waals surface area (Å²) in [7, 11) is 1.41. The van der Waals surface area contributed by atoms with Gasteiger partial charge in [-0.3, -0.25) is 14.5 Å². The lowest BCUT2D eigenvalue weighted by molar-refractivity contribution is -0.146. The number of carbonyl (C=O) groups is 1. The third-order valence-electron chi connectivity index (χ3n) is 3.65. The molecule has 0 aliphatic heterocycles. The van der Waals surface area contributed by atoms with Crippen molar-refractivity contribution in [1.29, 1.82) is 0 Å². The van der Waals surface area contributed by atoms with E-state index in [9.17, 15) is 4.79 Å². The molecule has 1 unspecified atom stereocenters. The molecule has 0 radical (unpaired) electrons. The first-order chi connectivity index (χ1) is 10.2. The van der Waals surface area contributed by atoms with Crippen LogP contribution in [0.1, 0.15) is 37.9 Å². The van der Waals surface area contributed by atoms with Crippen LogP contribution in [0.15, 0.2) is 12.3 Å². The van der Waals surface area contributed by atoms with Crippen LogP contribution in [0.5, 0.6) is 0 Å². The molecule has 2 heterocycles. The minimum atomic E-state index is -0.387. The number of nitrogens with one attached hydrogen (secondary N) is 1. The lowest BCUT2D eigenvalue weighted by Crippen LogP contribution is -2.46. The van der Waals surface area contributed by atoms with Crippen LogP contribution in [0.25, 0.3) is 5.78 Å². The van der Waals surface area contributed by atoms with Crippen molar-refractivity contribution in [2.24, 2.45) is 5.41 Å². The van der Waals surface area contributed by atoms with Gasteiger partial charge in [-0.25, -0.2) is 9.97 Å². The minimum Gasteiger partial charge on any atom is -0.468 e. The number of fused-ring (bicyclic) bond motifs is 1. The summed E-state index contributed by atoms with van der Waals surface area (Å²) >= 11 is 0. The quantitative estimate of drug-likeness (QED) is 0.875. The van der Waals surface area contributed by atoms with E-state index in [1.54, 1.807) is 6.20 Å². The zero-order valence-electron chi connectivity index (χ0n) is 14.1. The molecule has 2 rings (SSSR count). The molecule has 6 heteroatoms. The molecule has 0 spiro atoms. The predicted octanol–water partition coefficient (Wildman–Crippen LogP) is 2.02. The van der Waals surface area contributed by atoms with E-state index in [1.807, 2.05) is 45.1 Å². The molecule has 0 aliphatic rings. The summed E-state index contributed by atoms with van der Waals surface area (Å²) in [5.74, 6) is 0.423. The Bertz CT molecular complexity index is 685. The number of carbonyl (C=O) groups excluding carboxylic acids is 1. The van der Waals surface area contributed by atoms with Crippen LogP contribution in [0.2, 0.25) is 0 Å². The average molecular weight is 304 g/mol. The number of hydrogen-bond donors (Lipinski definition) is 1. The van der Waals surface area contributed by atoms with Crippen molar-refractivity contribution in [3.63, 3.8) is 0 Å². The summed E-state index contributed by atoms with van der Waals surface area (Å²) in [6, 6.07) is 1.63. The molecular formula is C16H24N4O2. The molecule has 1 N–H and O–H groups in total. The van der Waals surface area contributed by atoms with E-state index >= 15 is 0 Å². The van der Waals surface area contributed by atoms with Gasteiger partial charge in [-0.2, -0.15) is 0 Å². The zero-order valence-corrected chi connectivity index (χ0v) is 14.1. The molecule has 120 valence electrons. The van der Waals surface area contributed by atoms with Gasteiger partial charge in [0.1, 0.15) is 6.04 Å². The minimum absolute atomic E-state index is 0.239. The fourth-order valence-electron chi connectivity index (χ4n) is 2.59. The summed E-state index contributed by atoms with van der Waals surface area (Å²) in [4.78, 5) is 20.7. The van der Waals surface area contributed by atoms with Gasteiger partial charge in [-0.05, 0) is 25.3 Å². The maximum Gasteiger partial charge on any atom is 0.323 e. The van der Waals surface area contributed by atoms with Crippen LogP contribution in [0, 0.1) is 19.3 Å². The molecule has 0 saturated carbocycles. The summed E-state index contributed by atoms with van der Waals surface area (Å²) in [5, 5.41) is 3.28. The second-order valence-corrected chi connectivity index (χ2v) is 6.63. The second-order valence-electron chi connectivity index (χ2n) is 6.63. The molecule has 0 amide bonds. The van der Waals surface area contributed by atoms with Crippen LogP contribution >= 0.6 is 0 Å². The second kappa shape index (κ2) is 6.04. The molecular weight excluding hydrogens is 280 g/mol. The molecule has 0 fully saturated rings. The first kappa shape index (κ1) is 16.4. The monoisotopic (exact) mass is 304 g/mol. The molecule has 0 bridgehead atoms. The van der Waals surface area contributed by atoms with E-state index in [4.69, 9.17) is 4.74 Å². The molecule has 0 aliphatic carbocycles. The van der Waals surface area contributed by atoms with Crippen molar-refractivity contribution < 1.29 is 9.53 Å². The Morgan fingerprint density at radius 2 is 2.09 bits per heavy atom. The highest BCUT2D eigenvalue weighted by Gasteiger charge is 2.31. The number of ether oxygens (including phenoxy) is 1. The zero-order chi connectivity index (χ0) is 16.5. The van der Waals surface area contributed by atoms with Crippen LogP contribution in [-0.2, 0) is 16.1 Å². The third-order valence-corrected chi connectivity index (χ3v) is 3.65. The number of imidazole rings is 1. The van der Waals surface area contributed by atoms with E-state index in [0.717, 1.165) is 17.1 Å². The van der Waals surface area contributed by atoms with Crippen molar-refractivity contribution in [3.05, 3.63) is 29.3 Å². The van der Waals surface area contributed by atoms with Gasteiger partial charge in [0.05, 0.1) is 19.0 Å². The highest BCUT2D eigenvalue weighted by Crippen LogP contribution is 2.21. The van der Waals surface area contributed by atoms with Gasteiger partial charge < -0.3 is 4.74 Å². The van der Waals surface area contributed by atoms with Crippen LogP contribution in [0.4, 0.5) is 0 Å². The third kappa shape index (κ3) is 3.27. The number of methoxy groups -OCH3 is 1. The average Bonchev–Trinajstić information content (AvgIpc) is 2.80. The van der Waals surface area contributed by atoms with Crippen LogP contribution in [0.3, 0.4) is 0 Å². The number of nitrogens with zero attached hydrogens (tertiary/aromatic N) is 3. The summed E-state index contributed by atoms with van der Waals surface area (Å²) in [6.45, 7) is 10.5. The fourth-order valence-corrected chi connectivity index (χ4v) is 2.59. The van der Waals surface area contributed by atoms with Gasteiger partial charge in [0.15, 0.2) is 0 Å². The smallest absolute Gasteiger partial charge is 0.323 e. The normalized spacial score (nSPS) is 13.4. The van der Waals surface area contributed by atoms with E-state index in [0.29, 0.717) is 12.3 Å². The van der Waals surface area contributed by atoms with Gasteiger partial charge in [0, 0.05) is 17.9 Å². The van der Waals surface area contributed by atoms with Crippen LogP contribution in [-0.4, -0.2) is 33.5 Å². The van der Waals surface area contributed by atoms with Gasteiger partial charge in [-0.1, -0.05) is 20.8 Å². The summed E-state index contributed by atoms with van der Waals surface area (Å²) in [5.41, 5.74) is 2.75. The van der Waals surface area contributed by atoms with Crippen LogP contribution < -0.4 is 5.32 Å². The summed E-state index contributed by atoms with van der Waals surface area (Å²) in [6.07, 6.45) is 1.79. The SMILES string of the molecule is COC(=O)C(NCc1cnc2nc(C)cc(C)n12)C(C)(C)C. The molecule has 2 aromatic rings. The van der Waals surface area contributed by atoms with Crippen molar-refractivity contribution in [3.8, 4) is 0 Å². The lowest BCUT2D eigenvalue weighted by Gasteiger charge is -2.29. The highest BCUT2D eigenvalue weighted by atomic mass is 16.5. The molecule has 0 aromatic carbocycles. The fraction of sp³-hybridized carbons (Fsp3) is 0.562. The molecule has 22 heavy (non-hydrogen) atoms. The Labute approximate surface area is 130 Å². The Morgan fingerprint density at radius 1 is 1.41 bits per heavy atom. The number of esters is 1. The maximum atomic E-state index is 12.0. The Hall–Kier alpha value is -1.95. The largest absolute Gasteiger partial charge is 0.468 e. The van der Waals surface area contributed by atoms with Crippen molar-refractivity contribution >= 4 is 11.7 Å². The van der Waals surface area contributed by atoms with E-state index in [-0.39, 0.29) is 17.4 Å².